The molecule has 3 saturated heterocycles. The van der Waals surface area contributed by atoms with Crippen LogP contribution in [0.2, 0.25) is 0 Å². The Morgan fingerprint density at radius 3 is 2.80 bits per heavy atom. The molecule has 3 rings (SSSR count). The van der Waals surface area contributed by atoms with E-state index in [0.29, 0.717) is 24.2 Å². The van der Waals surface area contributed by atoms with Crippen LogP contribution in [0.4, 0.5) is 0 Å². The predicted octanol–water partition coefficient (Wildman–Crippen LogP) is 1.93. The van der Waals surface area contributed by atoms with Crippen molar-refractivity contribution in [1.82, 2.24) is 10.2 Å². The topological polar surface area (TPSA) is 41.6 Å². The Morgan fingerprint density at radius 2 is 2.15 bits per heavy atom. The van der Waals surface area contributed by atoms with Gasteiger partial charge >= 0.3 is 0 Å². The Hall–Kier alpha value is -0.610. The smallest absolute Gasteiger partial charge is 0.237 e. The third-order valence-electron chi connectivity index (χ3n) is 5.28. The van der Waals surface area contributed by atoms with Crippen LogP contribution >= 0.6 is 0 Å². The molecule has 0 aromatic rings. The zero-order valence-corrected chi connectivity index (χ0v) is 12.8. The van der Waals surface area contributed by atoms with E-state index in [0.717, 1.165) is 25.9 Å². The first-order valence-electron chi connectivity index (χ1n) is 8.34. The van der Waals surface area contributed by atoms with E-state index in [1.165, 1.54) is 25.7 Å². The zero-order valence-electron chi connectivity index (χ0n) is 12.8. The van der Waals surface area contributed by atoms with Crippen molar-refractivity contribution in [2.45, 2.75) is 76.7 Å². The van der Waals surface area contributed by atoms with E-state index in [4.69, 9.17) is 4.74 Å². The van der Waals surface area contributed by atoms with Crippen molar-refractivity contribution in [3.8, 4) is 0 Å². The summed E-state index contributed by atoms with van der Waals surface area (Å²) in [5.74, 6) is 0.787. The summed E-state index contributed by atoms with van der Waals surface area (Å²) in [5.41, 5.74) is 0. The quantitative estimate of drug-likeness (QED) is 0.855. The van der Waals surface area contributed by atoms with Crippen LogP contribution in [0.3, 0.4) is 0 Å². The minimum Gasteiger partial charge on any atom is -0.375 e. The summed E-state index contributed by atoms with van der Waals surface area (Å²) in [6.07, 6.45) is 7.85. The number of carbonyl (C=O) groups is 1. The Balaban J connectivity index is 1.50. The fourth-order valence-corrected chi connectivity index (χ4v) is 4.16. The predicted molar refractivity (Wildman–Crippen MR) is 78.5 cm³/mol. The summed E-state index contributed by atoms with van der Waals surface area (Å²) in [5, 5.41) is 3.20. The van der Waals surface area contributed by atoms with E-state index in [9.17, 15) is 4.79 Å². The molecule has 4 nitrogen and oxygen atoms in total. The number of nitrogens with zero attached hydrogens (tertiary/aromatic N) is 1. The first kappa shape index (κ1) is 14.3. The van der Waals surface area contributed by atoms with E-state index in [2.05, 4.69) is 24.1 Å². The molecule has 0 aromatic heterocycles. The second kappa shape index (κ2) is 6.02. The van der Waals surface area contributed by atoms with E-state index in [-0.39, 0.29) is 11.9 Å². The maximum absolute atomic E-state index is 12.5. The van der Waals surface area contributed by atoms with Gasteiger partial charge in [-0.2, -0.15) is 0 Å². The van der Waals surface area contributed by atoms with Crippen molar-refractivity contribution in [2.24, 2.45) is 5.92 Å². The fraction of sp³-hybridized carbons (Fsp3) is 0.938. The van der Waals surface area contributed by atoms with E-state index < -0.39 is 0 Å². The highest BCUT2D eigenvalue weighted by atomic mass is 16.5. The number of fused-ring (bicyclic) bond motifs is 2. The van der Waals surface area contributed by atoms with Crippen LogP contribution in [0.5, 0.6) is 0 Å². The SMILES string of the molecule is CC(C)N1CCCC[C@@H]1C(=O)NC[C@H]1C[C@H]2CC[C@H]1O2. The number of ether oxygens (including phenoxy) is 1. The van der Waals surface area contributed by atoms with Crippen LogP contribution in [-0.4, -0.2) is 48.2 Å². The summed E-state index contributed by atoms with van der Waals surface area (Å²) in [4.78, 5) is 14.8. The Bertz CT molecular complexity index is 358. The zero-order chi connectivity index (χ0) is 14.1. The summed E-state index contributed by atoms with van der Waals surface area (Å²) < 4.78 is 5.86. The van der Waals surface area contributed by atoms with Crippen molar-refractivity contribution in [3.63, 3.8) is 0 Å². The monoisotopic (exact) mass is 280 g/mol. The highest BCUT2D eigenvalue weighted by Crippen LogP contribution is 2.38. The maximum Gasteiger partial charge on any atom is 0.237 e. The van der Waals surface area contributed by atoms with Crippen LogP contribution in [0.15, 0.2) is 0 Å². The van der Waals surface area contributed by atoms with Crippen molar-refractivity contribution in [1.29, 1.82) is 0 Å². The normalized spacial score (nSPS) is 37.5. The molecule has 3 heterocycles. The second-order valence-corrected chi connectivity index (χ2v) is 6.96. The third kappa shape index (κ3) is 2.86. The second-order valence-electron chi connectivity index (χ2n) is 6.96. The van der Waals surface area contributed by atoms with E-state index >= 15 is 0 Å². The number of nitrogens with one attached hydrogen (secondary N) is 1. The molecule has 0 spiro atoms. The number of amides is 1. The molecule has 0 radical (unpaired) electrons. The van der Waals surface area contributed by atoms with Gasteiger partial charge in [0.05, 0.1) is 18.2 Å². The van der Waals surface area contributed by atoms with Gasteiger partial charge in [-0.1, -0.05) is 6.42 Å². The summed E-state index contributed by atoms with van der Waals surface area (Å²) >= 11 is 0. The van der Waals surface area contributed by atoms with Gasteiger partial charge in [0, 0.05) is 18.5 Å². The molecule has 3 fully saturated rings. The molecular weight excluding hydrogens is 252 g/mol. The van der Waals surface area contributed by atoms with Crippen LogP contribution in [0.1, 0.15) is 52.4 Å². The standard InChI is InChI=1S/C16H28N2O2/c1-11(2)18-8-4-3-5-14(18)16(19)17-10-12-9-13-6-7-15(12)20-13/h11-15H,3-10H2,1-2H3,(H,17,19)/t12-,13-,14-,15-/m1/s1. The van der Waals surface area contributed by atoms with Gasteiger partial charge in [0.15, 0.2) is 0 Å². The number of likely N-dealkylation sites (tertiary alicyclic amines) is 1. The average Bonchev–Trinajstić information content (AvgIpc) is 3.07. The molecule has 1 N–H and O–H groups in total. The lowest BCUT2D eigenvalue weighted by atomic mass is 9.89. The van der Waals surface area contributed by atoms with Gasteiger partial charge in [-0.15, -0.1) is 0 Å². The maximum atomic E-state index is 12.5. The lowest BCUT2D eigenvalue weighted by Gasteiger charge is -2.37. The number of hydrogen-bond donors (Lipinski definition) is 1. The number of carbonyl (C=O) groups excluding carboxylic acids is 1. The van der Waals surface area contributed by atoms with E-state index in [1.54, 1.807) is 0 Å². The molecule has 2 bridgehead atoms. The summed E-state index contributed by atoms with van der Waals surface area (Å²) in [6.45, 7) is 6.25. The number of rotatable bonds is 4. The molecule has 3 aliphatic heterocycles. The Kier molecular flexibility index (Phi) is 4.32. The highest BCUT2D eigenvalue weighted by molar-refractivity contribution is 5.81. The van der Waals surface area contributed by atoms with Crippen molar-refractivity contribution >= 4 is 5.91 Å². The van der Waals surface area contributed by atoms with Gasteiger partial charge in [0.1, 0.15) is 0 Å². The van der Waals surface area contributed by atoms with Gasteiger partial charge in [-0.3, -0.25) is 9.69 Å². The first-order chi connectivity index (χ1) is 9.65. The van der Waals surface area contributed by atoms with Crippen molar-refractivity contribution < 1.29 is 9.53 Å². The van der Waals surface area contributed by atoms with Crippen LogP contribution in [0.25, 0.3) is 0 Å². The van der Waals surface area contributed by atoms with Crippen molar-refractivity contribution in [2.75, 3.05) is 13.1 Å². The minimum atomic E-state index is 0.0864. The molecule has 3 aliphatic rings. The van der Waals surface area contributed by atoms with Crippen LogP contribution in [0, 0.1) is 5.92 Å². The molecule has 4 heteroatoms. The minimum absolute atomic E-state index is 0.0864. The number of hydrogen-bond acceptors (Lipinski definition) is 3. The average molecular weight is 280 g/mol. The molecule has 4 atom stereocenters. The summed E-state index contributed by atoms with van der Waals surface area (Å²) in [6, 6.07) is 0.542. The van der Waals surface area contributed by atoms with Crippen LogP contribution in [-0.2, 0) is 9.53 Å². The third-order valence-corrected chi connectivity index (χ3v) is 5.28. The first-order valence-corrected chi connectivity index (χ1v) is 8.34. The van der Waals surface area contributed by atoms with E-state index in [1.807, 2.05) is 0 Å². The molecule has 114 valence electrons. The van der Waals surface area contributed by atoms with Crippen molar-refractivity contribution in [3.05, 3.63) is 0 Å². The van der Waals surface area contributed by atoms with Gasteiger partial charge in [-0.25, -0.2) is 0 Å². The molecular formula is C16H28N2O2. The summed E-state index contributed by atoms with van der Waals surface area (Å²) in [7, 11) is 0. The molecule has 0 unspecified atom stereocenters. The molecule has 0 aromatic carbocycles. The van der Waals surface area contributed by atoms with Crippen LogP contribution < -0.4 is 5.32 Å². The lowest BCUT2D eigenvalue weighted by molar-refractivity contribution is -0.128. The van der Waals surface area contributed by atoms with Gasteiger partial charge in [-0.05, 0) is 52.5 Å². The molecule has 1 amide bonds. The fourth-order valence-electron chi connectivity index (χ4n) is 4.16. The largest absolute Gasteiger partial charge is 0.375 e. The molecule has 0 aliphatic carbocycles. The van der Waals surface area contributed by atoms with Gasteiger partial charge < -0.3 is 10.1 Å². The lowest BCUT2D eigenvalue weighted by Crippen LogP contribution is -2.52. The molecule has 0 saturated carbocycles. The number of piperidine rings is 1. The Morgan fingerprint density at radius 1 is 1.30 bits per heavy atom. The van der Waals surface area contributed by atoms with Gasteiger partial charge in [0.2, 0.25) is 5.91 Å². The van der Waals surface area contributed by atoms with Gasteiger partial charge in [0.25, 0.3) is 0 Å². The highest BCUT2D eigenvalue weighted by Gasteiger charge is 2.41. The Labute approximate surface area is 122 Å². The molecule has 20 heavy (non-hydrogen) atoms.